The maximum absolute atomic E-state index is 13.1. The van der Waals surface area contributed by atoms with Crippen LogP contribution in [0.25, 0.3) is 0 Å². The number of para-hydroxylation sites is 2. The second-order valence-corrected chi connectivity index (χ2v) is 8.56. The Labute approximate surface area is 175 Å². The molecule has 0 saturated carbocycles. The monoisotopic (exact) mass is 411 g/mol. The quantitative estimate of drug-likeness (QED) is 0.766. The van der Waals surface area contributed by atoms with E-state index in [0.717, 1.165) is 4.90 Å². The van der Waals surface area contributed by atoms with Crippen LogP contribution >= 0.6 is 11.8 Å². The molecule has 3 rings (SSSR count). The van der Waals surface area contributed by atoms with Crippen LogP contribution in [0.5, 0.6) is 0 Å². The summed E-state index contributed by atoms with van der Waals surface area (Å²) in [7, 11) is 1.64. The molecule has 152 valence electrons. The van der Waals surface area contributed by atoms with E-state index in [4.69, 9.17) is 0 Å². The van der Waals surface area contributed by atoms with Crippen LogP contribution in [0.4, 0.5) is 11.4 Å². The molecule has 0 unspecified atom stereocenters. The Hall–Kier alpha value is -2.80. The number of likely N-dealkylation sites (N-methyl/N-ethyl adjacent to an activating group) is 1. The summed E-state index contributed by atoms with van der Waals surface area (Å²) in [6, 6.07) is 16.6. The first-order valence-corrected chi connectivity index (χ1v) is 10.4. The Bertz CT molecular complexity index is 903. The largest absolute Gasteiger partial charge is 0.335 e. The zero-order valence-electron chi connectivity index (χ0n) is 16.8. The number of amides is 3. The van der Waals surface area contributed by atoms with E-state index in [1.165, 1.54) is 16.7 Å². The average Bonchev–Trinajstić information content (AvgIpc) is 2.82. The fourth-order valence-corrected chi connectivity index (χ4v) is 4.39. The fourth-order valence-electron chi connectivity index (χ4n) is 3.39. The summed E-state index contributed by atoms with van der Waals surface area (Å²) in [4.78, 5) is 42.1. The smallest absolute Gasteiger partial charge is 0.246 e. The van der Waals surface area contributed by atoms with E-state index in [9.17, 15) is 14.4 Å². The lowest BCUT2D eigenvalue weighted by Gasteiger charge is -2.30. The zero-order chi connectivity index (χ0) is 21.0. The SMILES string of the molecule is C[C@H](Sc1ccccc1)C(=O)N(C)CC(=O)N1c2ccccc2NC(=O)C[C@H]1C. The first-order valence-electron chi connectivity index (χ1n) is 9.54. The van der Waals surface area contributed by atoms with Gasteiger partial charge in [-0.3, -0.25) is 14.4 Å². The van der Waals surface area contributed by atoms with Crippen LogP contribution in [-0.2, 0) is 14.4 Å². The molecule has 0 radical (unpaired) electrons. The highest BCUT2D eigenvalue weighted by Gasteiger charge is 2.31. The Kier molecular flexibility index (Phi) is 6.59. The maximum Gasteiger partial charge on any atom is 0.246 e. The van der Waals surface area contributed by atoms with Crippen molar-refractivity contribution in [1.29, 1.82) is 0 Å². The first kappa shape index (κ1) is 20.9. The van der Waals surface area contributed by atoms with Crippen LogP contribution in [0.2, 0.25) is 0 Å². The highest BCUT2D eigenvalue weighted by molar-refractivity contribution is 8.00. The molecule has 0 aromatic heterocycles. The molecule has 29 heavy (non-hydrogen) atoms. The van der Waals surface area contributed by atoms with Gasteiger partial charge in [0.15, 0.2) is 0 Å². The van der Waals surface area contributed by atoms with Crippen LogP contribution in [0.15, 0.2) is 59.5 Å². The van der Waals surface area contributed by atoms with E-state index in [1.54, 1.807) is 18.0 Å². The minimum atomic E-state index is -0.313. The molecular formula is C22H25N3O3S. The molecule has 0 fully saturated rings. The molecule has 1 aliphatic rings. The van der Waals surface area contributed by atoms with Crippen molar-refractivity contribution in [3.8, 4) is 0 Å². The topological polar surface area (TPSA) is 69.7 Å². The van der Waals surface area contributed by atoms with Gasteiger partial charge in [0.2, 0.25) is 17.7 Å². The summed E-state index contributed by atoms with van der Waals surface area (Å²) >= 11 is 1.46. The van der Waals surface area contributed by atoms with Crippen molar-refractivity contribution in [3.05, 3.63) is 54.6 Å². The van der Waals surface area contributed by atoms with Gasteiger partial charge in [0.05, 0.1) is 23.2 Å². The number of nitrogens with one attached hydrogen (secondary N) is 1. The summed E-state index contributed by atoms with van der Waals surface area (Å²) in [6.45, 7) is 3.63. The highest BCUT2D eigenvalue weighted by atomic mass is 32.2. The molecule has 0 bridgehead atoms. The number of carbonyl (C=O) groups excluding carboxylic acids is 3. The lowest BCUT2D eigenvalue weighted by molar-refractivity contribution is -0.133. The molecule has 2 atom stereocenters. The molecule has 1 N–H and O–H groups in total. The van der Waals surface area contributed by atoms with E-state index in [0.29, 0.717) is 11.4 Å². The molecular weight excluding hydrogens is 386 g/mol. The van der Waals surface area contributed by atoms with E-state index in [2.05, 4.69) is 5.32 Å². The van der Waals surface area contributed by atoms with Gasteiger partial charge in [-0.1, -0.05) is 30.3 Å². The molecule has 2 aromatic carbocycles. The van der Waals surface area contributed by atoms with Crippen molar-refractivity contribution in [2.45, 2.75) is 36.5 Å². The van der Waals surface area contributed by atoms with Gasteiger partial charge in [-0.25, -0.2) is 0 Å². The van der Waals surface area contributed by atoms with Gasteiger partial charge in [0, 0.05) is 24.4 Å². The number of thioether (sulfide) groups is 1. The third-order valence-corrected chi connectivity index (χ3v) is 5.88. The molecule has 3 amide bonds. The van der Waals surface area contributed by atoms with Crippen LogP contribution < -0.4 is 10.2 Å². The van der Waals surface area contributed by atoms with Crippen molar-refractivity contribution in [2.24, 2.45) is 0 Å². The van der Waals surface area contributed by atoms with Crippen LogP contribution in [-0.4, -0.2) is 47.5 Å². The summed E-state index contributed by atoms with van der Waals surface area (Å²) in [5.74, 6) is -0.455. The van der Waals surface area contributed by atoms with E-state index in [-0.39, 0.29) is 42.0 Å². The molecule has 1 heterocycles. The van der Waals surface area contributed by atoms with Crippen molar-refractivity contribution < 1.29 is 14.4 Å². The predicted molar refractivity (Wildman–Crippen MR) is 116 cm³/mol. The predicted octanol–water partition coefficient (Wildman–Crippen LogP) is 3.39. The van der Waals surface area contributed by atoms with Crippen LogP contribution in [0.3, 0.4) is 0 Å². The first-order chi connectivity index (χ1) is 13.9. The van der Waals surface area contributed by atoms with Gasteiger partial charge in [-0.05, 0) is 38.1 Å². The van der Waals surface area contributed by atoms with E-state index >= 15 is 0 Å². The normalized spacial score (nSPS) is 17.0. The number of fused-ring (bicyclic) bond motifs is 1. The third-order valence-electron chi connectivity index (χ3n) is 4.78. The third kappa shape index (κ3) is 4.98. The summed E-state index contributed by atoms with van der Waals surface area (Å²) in [5.41, 5.74) is 1.26. The Morgan fingerprint density at radius 2 is 1.83 bits per heavy atom. The van der Waals surface area contributed by atoms with Gasteiger partial charge in [-0.2, -0.15) is 0 Å². The lowest BCUT2D eigenvalue weighted by Crippen LogP contribution is -2.46. The molecule has 7 heteroatoms. The molecule has 6 nitrogen and oxygen atoms in total. The van der Waals surface area contributed by atoms with Crippen molar-refractivity contribution in [2.75, 3.05) is 23.8 Å². The van der Waals surface area contributed by atoms with E-state index < -0.39 is 0 Å². The van der Waals surface area contributed by atoms with Gasteiger partial charge in [0.25, 0.3) is 0 Å². The molecule has 0 saturated heterocycles. The minimum Gasteiger partial charge on any atom is -0.335 e. The Morgan fingerprint density at radius 3 is 2.55 bits per heavy atom. The number of carbonyl (C=O) groups is 3. The van der Waals surface area contributed by atoms with Gasteiger partial charge in [-0.15, -0.1) is 11.8 Å². The second kappa shape index (κ2) is 9.13. The van der Waals surface area contributed by atoms with E-state index in [1.807, 2.05) is 62.4 Å². The fraction of sp³-hybridized carbons (Fsp3) is 0.318. The number of hydrogen-bond donors (Lipinski definition) is 1. The maximum atomic E-state index is 13.1. The molecule has 0 aliphatic carbocycles. The molecule has 0 spiro atoms. The van der Waals surface area contributed by atoms with Gasteiger partial charge < -0.3 is 15.1 Å². The second-order valence-electron chi connectivity index (χ2n) is 7.15. The number of rotatable bonds is 5. The minimum absolute atomic E-state index is 0.0502. The zero-order valence-corrected chi connectivity index (χ0v) is 17.6. The lowest BCUT2D eigenvalue weighted by atomic mass is 10.1. The van der Waals surface area contributed by atoms with Gasteiger partial charge in [0.1, 0.15) is 0 Å². The number of benzene rings is 2. The number of hydrogen-bond acceptors (Lipinski definition) is 4. The Morgan fingerprint density at radius 1 is 1.17 bits per heavy atom. The molecule has 1 aliphatic heterocycles. The number of nitrogens with zero attached hydrogens (tertiary/aromatic N) is 2. The highest BCUT2D eigenvalue weighted by Crippen LogP contribution is 2.31. The van der Waals surface area contributed by atoms with Crippen molar-refractivity contribution in [3.63, 3.8) is 0 Å². The summed E-state index contributed by atoms with van der Waals surface area (Å²) in [5, 5.41) is 2.53. The van der Waals surface area contributed by atoms with Crippen molar-refractivity contribution >= 4 is 40.9 Å². The molecule has 2 aromatic rings. The summed E-state index contributed by atoms with van der Waals surface area (Å²) < 4.78 is 0. The van der Waals surface area contributed by atoms with Gasteiger partial charge >= 0.3 is 0 Å². The standard InChI is InChI=1S/C22H25N3O3S/c1-15-13-20(26)23-18-11-7-8-12-19(18)25(15)21(27)14-24(3)22(28)16(2)29-17-9-5-4-6-10-17/h4-12,15-16H,13-14H2,1-3H3,(H,23,26)/t15-,16+/m1/s1. The summed E-state index contributed by atoms with van der Waals surface area (Å²) in [6.07, 6.45) is 0.207. The van der Waals surface area contributed by atoms with Crippen molar-refractivity contribution in [1.82, 2.24) is 4.90 Å². The average molecular weight is 412 g/mol. The van der Waals surface area contributed by atoms with Crippen LogP contribution in [0, 0.1) is 0 Å². The van der Waals surface area contributed by atoms with Crippen LogP contribution in [0.1, 0.15) is 20.3 Å². The Balaban J connectivity index is 1.71. The number of anilines is 2.